The quantitative estimate of drug-likeness (QED) is 0.502. The third-order valence-corrected chi connectivity index (χ3v) is 2.33. The minimum atomic E-state index is 0.214. The highest BCUT2D eigenvalue weighted by atomic mass is 35.5. The molecule has 0 aliphatic carbocycles. The maximum Gasteiger partial charge on any atom is 0.276 e. The summed E-state index contributed by atoms with van der Waals surface area (Å²) in [4.78, 5) is 0. The molecule has 1 aromatic carbocycles. The monoisotopic (exact) mass is 276 g/mol. The molecule has 0 spiro atoms. The lowest BCUT2D eigenvalue weighted by molar-refractivity contribution is 0.346. The largest absolute Gasteiger partial charge is 0.466 e. The van der Waals surface area contributed by atoms with E-state index in [1.54, 1.807) is 24.3 Å². The van der Waals surface area contributed by atoms with Crippen molar-refractivity contribution in [2.75, 3.05) is 12.0 Å². The molecule has 0 bridgehead atoms. The maximum absolute atomic E-state index is 5.93. The van der Waals surface area contributed by atoms with Gasteiger partial charge < -0.3 is 4.74 Å². The first-order chi connectivity index (χ1) is 7.63. The Labute approximate surface area is 109 Å². The Kier molecular flexibility index (Phi) is 5.38. The molecule has 0 unspecified atom stereocenters. The number of ether oxygens (including phenoxy) is 1. The average Bonchev–Trinajstić information content (AvgIpc) is 2.25. The van der Waals surface area contributed by atoms with Crippen LogP contribution in [-0.4, -0.2) is 11.8 Å². The Hall–Kier alpha value is -0.970. The summed E-state index contributed by atoms with van der Waals surface area (Å²) in [7, 11) is 0. The molecule has 1 aromatic rings. The van der Waals surface area contributed by atoms with Crippen LogP contribution in [0.5, 0.6) is 0 Å². The van der Waals surface area contributed by atoms with Gasteiger partial charge in [-0.3, -0.25) is 10.9 Å². The molecule has 0 aliphatic heterocycles. The molecular weight excluding hydrogens is 267 g/mol. The molecule has 0 atom stereocenters. The number of hydrazine groups is 1. The number of hydrogen-bond acceptors (Lipinski definition) is 3. The van der Waals surface area contributed by atoms with E-state index < -0.39 is 0 Å². The molecule has 0 heterocycles. The molecule has 0 aromatic heterocycles. The van der Waals surface area contributed by atoms with Gasteiger partial charge in [-0.05, 0) is 30.4 Å². The summed E-state index contributed by atoms with van der Waals surface area (Å²) in [6, 6.07) is 5.07. The van der Waals surface area contributed by atoms with E-state index in [-0.39, 0.29) is 5.17 Å². The van der Waals surface area contributed by atoms with E-state index >= 15 is 0 Å². The predicted octanol–water partition coefficient (Wildman–Crippen LogP) is 3.40. The Morgan fingerprint density at radius 1 is 1.50 bits per heavy atom. The van der Waals surface area contributed by atoms with E-state index in [0.29, 0.717) is 22.3 Å². The van der Waals surface area contributed by atoms with E-state index in [2.05, 4.69) is 17.4 Å². The van der Waals surface area contributed by atoms with Crippen LogP contribution in [0.25, 0.3) is 0 Å². The molecule has 0 fully saturated rings. The molecule has 16 heavy (non-hydrogen) atoms. The third kappa shape index (κ3) is 4.26. The van der Waals surface area contributed by atoms with Gasteiger partial charge in [-0.15, -0.1) is 0 Å². The number of nitrogens with one attached hydrogen (secondary N) is 2. The molecule has 3 nitrogen and oxygen atoms in total. The highest BCUT2D eigenvalue weighted by Gasteiger charge is 2.01. The summed E-state index contributed by atoms with van der Waals surface area (Å²) in [5.74, 6) is 0. The summed E-state index contributed by atoms with van der Waals surface area (Å²) in [6.07, 6.45) is 1.60. The van der Waals surface area contributed by atoms with Gasteiger partial charge in [0.05, 0.1) is 10.7 Å². The molecule has 0 amide bonds. The van der Waals surface area contributed by atoms with Crippen molar-refractivity contribution in [2.45, 2.75) is 0 Å². The maximum atomic E-state index is 5.93. The van der Waals surface area contributed by atoms with Gasteiger partial charge >= 0.3 is 0 Å². The van der Waals surface area contributed by atoms with Crippen LogP contribution < -0.4 is 10.9 Å². The topological polar surface area (TPSA) is 33.3 Å². The van der Waals surface area contributed by atoms with Gasteiger partial charge in [0.15, 0.2) is 0 Å². The van der Waals surface area contributed by atoms with Gasteiger partial charge in [0.2, 0.25) is 0 Å². The molecule has 0 saturated carbocycles. The van der Waals surface area contributed by atoms with Gasteiger partial charge in [0, 0.05) is 5.02 Å². The molecule has 0 radical (unpaired) electrons. The van der Waals surface area contributed by atoms with Crippen LogP contribution in [0.1, 0.15) is 0 Å². The van der Waals surface area contributed by atoms with Crippen LogP contribution >= 0.6 is 35.4 Å². The van der Waals surface area contributed by atoms with Crippen LogP contribution in [0, 0.1) is 0 Å². The van der Waals surface area contributed by atoms with E-state index in [1.165, 1.54) is 0 Å². The molecular formula is C10H10Cl2N2OS. The second-order valence-electron chi connectivity index (χ2n) is 2.76. The Balaban J connectivity index is 2.48. The Morgan fingerprint density at radius 3 is 2.88 bits per heavy atom. The first kappa shape index (κ1) is 13.1. The second kappa shape index (κ2) is 6.58. The first-order valence-corrected chi connectivity index (χ1v) is 5.54. The lowest BCUT2D eigenvalue weighted by Gasteiger charge is -2.11. The zero-order valence-electron chi connectivity index (χ0n) is 8.30. The Morgan fingerprint density at radius 2 is 2.25 bits per heavy atom. The summed E-state index contributed by atoms with van der Waals surface area (Å²) >= 11 is 16.6. The number of benzene rings is 1. The minimum Gasteiger partial charge on any atom is -0.466 e. The second-order valence-corrected chi connectivity index (χ2v) is 3.98. The van der Waals surface area contributed by atoms with Crippen molar-refractivity contribution < 1.29 is 4.74 Å². The van der Waals surface area contributed by atoms with Gasteiger partial charge in [0.25, 0.3) is 5.17 Å². The van der Waals surface area contributed by atoms with E-state index in [4.69, 9.17) is 40.2 Å². The summed E-state index contributed by atoms with van der Waals surface area (Å²) in [5, 5.41) is 1.28. The predicted molar refractivity (Wildman–Crippen MR) is 72.0 cm³/mol. The number of thiocarbonyl (C=S) groups is 1. The van der Waals surface area contributed by atoms with Crippen LogP contribution in [-0.2, 0) is 4.74 Å². The minimum absolute atomic E-state index is 0.214. The SMILES string of the molecule is C=CCOC(=S)NNc1ccc(Cl)cc1Cl. The zero-order valence-corrected chi connectivity index (χ0v) is 10.6. The molecule has 1 rings (SSSR count). The number of rotatable bonds is 4. The lowest BCUT2D eigenvalue weighted by atomic mass is 10.3. The zero-order chi connectivity index (χ0) is 12.0. The molecule has 0 aliphatic rings. The van der Waals surface area contributed by atoms with Crippen molar-refractivity contribution in [3.05, 3.63) is 40.9 Å². The summed E-state index contributed by atoms with van der Waals surface area (Å²) < 4.78 is 5.05. The molecule has 6 heteroatoms. The van der Waals surface area contributed by atoms with E-state index in [0.717, 1.165) is 0 Å². The fourth-order valence-electron chi connectivity index (χ4n) is 0.880. The highest BCUT2D eigenvalue weighted by Crippen LogP contribution is 2.24. The highest BCUT2D eigenvalue weighted by molar-refractivity contribution is 7.80. The standard InChI is InChI=1S/C10H10Cl2N2OS/c1-2-5-15-10(16)14-13-9-4-3-7(11)6-8(9)12/h2-4,6,13H,1,5H2,(H,14,16). The van der Waals surface area contributed by atoms with E-state index in [1.807, 2.05) is 0 Å². The smallest absolute Gasteiger partial charge is 0.276 e. The lowest BCUT2D eigenvalue weighted by Crippen LogP contribution is -2.29. The summed E-state index contributed by atoms with van der Waals surface area (Å²) in [6.45, 7) is 3.86. The normalized spacial score (nSPS) is 9.38. The van der Waals surface area contributed by atoms with Crippen molar-refractivity contribution in [1.82, 2.24) is 5.43 Å². The summed E-state index contributed by atoms with van der Waals surface area (Å²) in [5.41, 5.74) is 6.15. The van der Waals surface area contributed by atoms with Gasteiger partial charge in [0.1, 0.15) is 6.61 Å². The molecule has 2 N–H and O–H groups in total. The van der Waals surface area contributed by atoms with Crippen molar-refractivity contribution in [2.24, 2.45) is 0 Å². The van der Waals surface area contributed by atoms with Crippen LogP contribution in [0.2, 0.25) is 10.0 Å². The fraction of sp³-hybridized carbons (Fsp3) is 0.100. The van der Waals surface area contributed by atoms with Gasteiger partial charge in [-0.2, -0.15) is 0 Å². The fourth-order valence-corrected chi connectivity index (χ4v) is 1.45. The molecule has 0 saturated heterocycles. The van der Waals surface area contributed by atoms with Crippen molar-refractivity contribution >= 4 is 46.3 Å². The third-order valence-electron chi connectivity index (χ3n) is 1.56. The van der Waals surface area contributed by atoms with Crippen LogP contribution in [0.15, 0.2) is 30.9 Å². The number of anilines is 1. The van der Waals surface area contributed by atoms with Gasteiger partial charge in [-0.25, -0.2) is 0 Å². The van der Waals surface area contributed by atoms with Crippen molar-refractivity contribution in [3.8, 4) is 0 Å². The van der Waals surface area contributed by atoms with Crippen molar-refractivity contribution in [1.29, 1.82) is 0 Å². The van der Waals surface area contributed by atoms with E-state index in [9.17, 15) is 0 Å². The van der Waals surface area contributed by atoms with Crippen LogP contribution in [0.3, 0.4) is 0 Å². The Bertz CT molecular complexity index is 398. The average molecular weight is 277 g/mol. The van der Waals surface area contributed by atoms with Gasteiger partial charge in [-0.1, -0.05) is 35.9 Å². The first-order valence-electron chi connectivity index (χ1n) is 4.38. The molecule has 86 valence electrons. The van der Waals surface area contributed by atoms with Crippen molar-refractivity contribution in [3.63, 3.8) is 0 Å². The van der Waals surface area contributed by atoms with Crippen LogP contribution in [0.4, 0.5) is 5.69 Å². The number of halogens is 2. The number of hydrogen-bond donors (Lipinski definition) is 2.